The molecule has 1 aromatic heterocycles. The normalized spacial score (nSPS) is 11.5. The van der Waals surface area contributed by atoms with E-state index < -0.39 is 0 Å². The van der Waals surface area contributed by atoms with Gasteiger partial charge >= 0.3 is 0 Å². The number of methoxy groups -OCH3 is 1. The molecule has 1 aromatic rings. The Balaban J connectivity index is 0.00000529. The quantitative estimate of drug-likeness (QED) is 0.232. The lowest BCUT2D eigenvalue weighted by atomic mass is 9.99. The summed E-state index contributed by atoms with van der Waals surface area (Å²) in [5.41, 5.74) is 1.03. The van der Waals surface area contributed by atoms with E-state index in [-0.39, 0.29) is 24.0 Å². The number of nitrogens with one attached hydrogen (secondary N) is 2. The molecule has 0 saturated carbocycles. The monoisotopic (exact) mass is 454 g/mol. The van der Waals surface area contributed by atoms with Crippen LogP contribution in [-0.2, 0) is 16.0 Å². The van der Waals surface area contributed by atoms with E-state index in [9.17, 15) is 0 Å². The van der Waals surface area contributed by atoms with Gasteiger partial charge in [-0.15, -0.1) is 24.0 Å². The number of halogens is 1. The molecule has 0 bridgehead atoms. The van der Waals surface area contributed by atoms with E-state index in [1.165, 1.54) is 0 Å². The predicted molar refractivity (Wildman–Crippen MR) is 106 cm³/mol. The maximum Gasteiger partial charge on any atom is 0.191 e. The van der Waals surface area contributed by atoms with Crippen molar-refractivity contribution in [3.05, 3.63) is 17.5 Å². The highest BCUT2D eigenvalue weighted by Crippen LogP contribution is 2.22. The van der Waals surface area contributed by atoms with E-state index >= 15 is 0 Å². The molecule has 0 saturated heterocycles. The second-order valence-electron chi connectivity index (χ2n) is 5.19. The summed E-state index contributed by atoms with van der Waals surface area (Å²) in [5.74, 6) is 1.99. The van der Waals surface area contributed by atoms with Gasteiger partial charge in [0.15, 0.2) is 11.7 Å². The third-order valence-corrected chi connectivity index (χ3v) is 3.61. The van der Waals surface area contributed by atoms with Crippen molar-refractivity contribution in [1.29, 1.82) is 0 Å². The number of ether oxygens (including phenoxy) is 2. The summed E-state index contributed by atoms with van der Waals surface area (Å²) < 4.78 is 15.7. The van der Waals surface area contributed by atoms with Crippen LogP contribution in [0.5, 0.6) is 0 Å². The average Bonchev–Trinajstić information content (AvgIpc) is 3.03. The smallest absolute Gasteiger partial charge is 0.191 e. The molecule has 0 aliphatic heterocycles. The minimum absolute atomic E-state index is 0. The zero-order valence-electron chi connectivity index (χ0n) is 15.1. The molecule has 0 unspecified atom stereocenters. The van der Waals surface area contributed by atoms with Gasteiger partial charge in [0.05, 0.1) is 32.1 Å². The molecule has 2 N–H and O–H groups in total. The van der Waals surface area contributed by atoms with Crippen molar-refractivity contribution in [2.24, 2.45) is 4.99 Å². The maximum atomic E-state index is 5.39. The Hall–Kier alpha value is -0.870. The number of hydrogen-bond donors (Lipinski definition) is 2. The lowest BCUT2D eigenvalue weighted by Gasteiger charge is -2.10. The number of rotatable bonds is 11. The van der Waals surface area contributed by atoms with Gasteiger partial charge in [-0.25, -0.2) is 0 Å². The van der Waals surface area contributed by atoms with Crippen molar-refractivity contribution < 1.29 is 14.0 Å². The van der Waals surface area contributed by atoms with Crippen LogP contribution in [0.2, 0.25) is 0 Å². The second-order valence-corrected chi connectivity index (χ2v) is 5.19. The van der Waals surface area contributed by atoms with Crippen LogP contribution in [0, 0.1) is 0 Å². The third kappa shape index (κ3) is 8.84. The number of aromatic nitrogens is 1. The van der Waals surface area contributed by atoms with E-state index in [4.69, 9.17) is 14.0 Å². The lowest BCUT2D eigenvalue weighted by Crippen LogP contribution is -2.38. The highest BCUT2D eigenvalue weighted by atomic mass is 127. The summed E-state index contributed by atoms with van der Waals surface area (Å²) in [7, 11) is 3.39. The van der Waals surface area contributed by atoms with Gasteiger partial charge in [0.25, 0.3) is 0 Å². The molecule has 0 spiro atoms. The van der Waals surface area contributed by atoms with Crippen LogP contribution < -0.4 is 10.6 Å². The fraction of sp³-hybridized carbons (Fsp3) is 0.750. The molecule has 0 aliphatic carbocycles. The Morgan fingerprint density at radius 2 is 2.00 bits per heavy atom. The van der Waals surface area contributed by atoms with Crippen LogP contribution >= 0.6 is 24.0 Å². The van der Waals surface area contributed by atoms with Gasteiger partial charge < -0.3 is 24.6 Å². The van der Waals surface area contributed by atoms with E-state index in [0.717, 1.165) is 24.3 Å². The van der Waals surface area contributed by atoms with Gasteiger partial charge in [-0.2, -0.15) is 0 Å². The Labute approximate surface area is 162 Å². The van der Waals surface area contributed by atoms with Crippen LogP contribution in [0.4, 0.5) is 0 Å². The molecule has 0 atom stereocenters. The number of nitrogens with zero attached hydrogens (tertiary/aromatic N) is 2. The van der Waals surface area contributed by atoms with Gasteiger partial charge in [-0.3, -0.25) is 4.99 Å². The summed E-state index contributed by atoms with van der Waals surface area (Å²) in [6, 6.07) is 2.02. The molecule has 0 amide bonds. The highest BCUT2D eigenvalue weighted by molar-refractivity contribution is 14.0. The fourth-order valence-corrected chi connectivity index (χ4v) is 2.19. The zero-order chi connectivity index (χ0) is 16.9. The van der Waals surface area contributed by atoms with Gasteiger partial charge in [0, 0.05) is 32.7 Å². The van der Waals surface area contributed by atoms with Crippen molar-refractivity contribution in [3.8, 4) is 0 Å². The second kappa shape index (κ2) is 14.5. The zero-order valence-corrected chi connectivity index (χ0v) is 17.5. The molecule has 24 heavy (non-hydrogen) atoms. The Bertz CT molecular complexity index is 450. The van der Waals surface area contributed by atoms with Crippen molar-refractivity contribution >= 4 is 29.9 Å². The summed E-state index contributed by atoms with van der Waals surface area (Å²) in [6.45, 7) is 7.38. The SMILES string of the molecule is CCC(CC)c1cc(CNC(=NC)NCCOCCOC)on1.I. The molecule has 1 rings (SSSR count). The highest BCUT2D eigenvalue weighted by Gasteiger charge is 2.13. The van der Waals surface area contributed by atoms with Gasteiger partial charge in [-0.1, -0.05) is 19.0 Å². The number of aliphatic imine (C=N–C) groups is 1. The first kappa shape index (κ1) is 23.1. The first-order valence-electron chi connectivity index (χ1n) is 8.21. The van der Waals surface area contributed by atoms with Gasteiger partial charge in [0.1, 0.15) is 0 Å². The Kier molecular flexibility index (Phi) is 13.9. The number of guanidine groups is 1. The van der Waals surface area contributed by atoms with Crippen molar-refractivity contribution in [1.82, 2.24) is 15.8 Å². The van der Waals surface area contributed by atoms with Crippen LogP contribution in [0.25, 0.3) is 0 Å². The average molecular weight is 454 g/mol. The fourth-order valence-electron chi connectivity index (χ4n) is 2.19. The molecule has 0 fully saturated rings. The van der Waals surface area contributed by atoms with Gasteiger partial charge in [0.2, 0.25) is 0 Å². The van der Waals surface area contributed by atoms with Crippen molar-refractivity contribution in [2.45, 2.75) is 39.2 Å². The molecule has 7 nitrogen and oxygen atoms in total. The van der Waals surface area contributed by atoms with Crippen LogP contribution in [0.15, 0.2) is 15.6 Å². The maximum absolute atomic E-state index is 5.39. The first-order valence-corrected chi connectivity index (χ1v) is 8.21. The largest absolute Gasteiger partial charge is 0.382 e. The molecular formula is C16H31IN4O3. The van der Waals surface area contributed by atoms with Crippen LogP contribution in [-0.4, -0.2) is 51.6 Å². The van der Waals surface area contributed by atoms with Crippen LogP contribution in [0.1, 0.15) is 44.1 Å². The minimum Gasteiger partial charge on any atom is -0.382 e. The Morgan fingerprint density at radius 3 is 2.62 bits per heavy atom. The van der Waals surface area contributed by atoms with Crippen molar-refractivity contribution in [2.75, 3.05) is 40.5 Å². The first-order chi connectivity index (χ1) is 11.2. The summed E-state index contributed by atoms with van der Waals surface area (Å²) in [6.07, 6.45) is 2.14. The summed E-state index contributed by atoms with van der Waals surface area (Å²) >= 11 is 0. The summed E-state index contributed by atoms with van der Waals surface area (Å²) in [4.78, 5) is 4.16. The molecule has 8 heteroatoms. The van der Waals surface area contributed by atoms with Crippen molar-refractivity contribution in [3.63, 3.8) is 0 Å². The molecule has 0 aliphatic rings. The molecule has 1 heterocycles. The standard InChI is InChI=1S/C16H30N4O3.HI/c1-5-13(6-2)15-11-14(23-20-15)12-19-16(17-3)18-7-8-22-10-9-21-4;/h11,13H,5-10,12H2,1-4H3,(H2,17,18,19);1H. The molecule has 0 radical (unpaired) electrons. The molecule has 0 aromatic carbocycles. The summed E-state index contributed by atoms with van der Waals surface area (Å²) in [5, 5.41) is 10.5. The molecule has 140 valence electrons. The Morgan fingerprint density at radius 1 is 1.25 bits per heavy atom. The van der Waals surface area contributed by atoms with Gasteiger partial charge in [-0.05, 0) is 12.8 Å². The predicted octanol–water partition coefficient (Wildman–Crippen LogP) is 2.52. The lowest BCUT2D eigenvalue weighted by molar-refractivity contribution is 0.0733. The minimum atomic E-state index is 0. The molecular weight excluding hydrogens is 423 g/mol. The van der Waals surface area contributed by atoms with E-state index in [2.05, 4.69) is 34.6 Å². The third-order valence-electron chi connectivity index (χ3n) is 3.61. The van der Waals surface area contributed by atoms with E-state index in [1.807, 2.05) is 6.07 Å². The van der Waals surface area contributed by atoms with Crippen LogP contribution in [0.3, 0.4) is 0 Å². The number of hydrogen-bond acceptors (Lipinski definition) is 5. The topological polar surface area (TPSA) is 80.9 Å². The van der Waals surface area contributed by atoms with E-state index in [0.29, 0.717) is 44.8 Å². The van der Waals surface area contributed by atoms with E-state index in [1.54, 1.807) is 14.2 Å².